The third kappa shape index (κ3) is 4.74. The van der Waals surface area contributed by atoms with Crippen molar-refractivity contribution >= 4 is 17.6 Å². The van der Waals surface area contributed by atoms with Crippen molar-refractivity contribution in [3.63, 3.8) is 0 Å². The van der Waals surface area contributed by atoms with Crippen molar-refractivity contribution in [2.75, 3.05) is 13.7 Å². The summed E-state index contributed by atoms with van der Waals surface area (Å²) in [4.78, 5) is 38.1. The van der Waals surface area contributed by atoms with E-state index >= 15 is 0 Å². The van der Waals surface area contributed by atoms with Crippen LogP contribution in [0.2, 0.25) is 0 Å². The number of carbonyl (C=O) groups is 2. The summed E-state index contributed by atoms with van der Waals surface area (Å²) in [5.74, 6) is -0.598. The van der Waals surface area contributed by atoms with E-state index in [4.69, 9.17) is 9.47 Å². The monoisotopic (exact) mass is 424 g/mol. The topological polar surface area (TPSA) is 99.0 Å². The minimum Gasteiger partial charge on any atom is -0.497 e. The molecule has 1 atom stereocenters. The molecule has 2 aromatic rings. The highest BCUT2D eigenvalue weighted by atomic mass is 16.6. The maximum absolute atomic E-state index is 13.0. The van der Waals surface area contributed by atoms with E-state index in [1.807, 2.05) is 12.1 Å². The number of non-ortho nitro benzene ring substituents is 1. The van der Waals surface area contributed by atoms with Crippen LogP contribution in [-0.4, -0.2) is 35.4 Å². The Morgan fingerprint density at radius 1 is 1.23 bits per heavy atom. The first-order chi connectivity index (χ1) is 14.8. The number of methoxy groups -OCH3 is 1. The van der Waals surface area contributed by atoms with Gasteiger partial charge < -0.3 is 14.4 Å². The first kappa shape index (κ1) is 22.0. The van der Waals surface area contributed by atoms with E-state index in [1.54, 1.807) is 50.1 Å². The molecule has 1 heterocycles. The lowest BCUT2D eigenvalue weighted by atomic mass is 9.83. The average Bonchev–Trinajstić information content (AvgIpc) is 2.76. The number of amides is 1. The molecule has 0 aliphatic carbocycles. The second kappa shape index (κ2) is 9.42. The van der Waals surface area contributed by atoms with Crippen LogP contribution < -0.4 is 4.74 Å². The molecule has 0 aromatic heterocycles. The zero-order chi connectivity index (χ0) is 22.5. The lowest BCUT2D eigenvalue weighted by Crippen LogP contribution is -2.38. The Morgan fingerprint density at radius 2 is 1.94 bits per heavy atom. The number of allylic oxidation sites excluding steroid dienone is 1. The van der Waals surface area contributed by atoms with Crippen LogP contribution in [0.4, 0.5) is 5.69 Å². The quantitative estimate of drug-likeness (QED) is 0.379. The number of carbonyl (C=O) groups excluding carboxylic acids is 2. The second-order valence-electron chi connectivity index (χ2n) is 7.16. The molecule has 0 spiro atoms. The molecule has 0 radical (unpaired) electrons. The Bertz CT molecular complexity index is 1030. The summed E-state index contributed by atoms with van der Waals surface area (Å²) in [6.45, 7) is 3.89. The van der Waals surface area contributed by atoms with E-state index in [0.717, 1.165) is 5.56 Å². The van der Waals surface area contributed by atoms with Crippen molar-refractivity contribution in [3.05, 3.63) is 81.0 Å². The van der Waals surface area contributed by atoms with Crippen molar-refractivity contribution in [3.8, 4) is 5.75 Å². The Morgan fingerprint density at radius 3 is 2.55 bits per heavy atom. The molecular weight excluding hydrogens is 400 g/mol. The fraction of sp³-hybridized carbons (Fsp3) is 0.304. The van der Waals surface area contributed by atoms with Gasteiger partial charge in [-0.2, -0.15) is 0 Å². The lowest BCUT2D eigenvalue weighted by Gasteiger charge is -2.34. The van der Waals surface area contributed by atoms with Gasteiger partial charge in [-0.3, -0.25) is 14.9 Å². The summed E-state index contributed by atoms with van der Waals surface area (Å²) in [5, 5.41) is 11.2. The summed E-state index contributed by atoms with van der Waals surface area (Å²) < 4.78 is 10.4. The molecule has 162 valence electrons. The van der Waals surface area contributed by atoms with Crippen LogP contribution in [0.25, 0.3) is 0 Å². The number of hydrogen-bond donors (Lipinski definition) is 0. The molecule has 8 nitrogen and oxygen atoms in total. The molecule has 31 heavy (non-hydrogen) atoms. The molecule has 0 fully saturated rings. The van der Waals surface area contributed by atoms with Gasteiger partial charge in [0, 0.05) is 30.2 Å². The predicted octanol–water partition coefficient (Wildman–Crippen LogP) is 3.96. The standard InChI is InChI=1S/C23H24N2O6/c1-4-31-23(27)22-15(2)24(14-16-8-10-19(30-3)11-9-16)21(26)13-20(22)17-6-5-7-18(12-17)25(28)29/h5-12,20H,4,13-14H2,1-3H3. The molecule has 1 aliphatic rings. The molecule has 8 heteroatoms. The number of nitro benzene ring substituents is 1. The summed E-state index contributed by atoms with van der Waals surface area (Å²) in [5.41, 5.74) is 2.16. The third-order valence-electron chi connectivity index (χ3n) is 5.30. The maximum atomic E-state index is 13.0. The van der Waals surface area contributed by atoms with Crippen LogP contribution in [-0.2, 0) is 20.9 Å². The summed E-state index contributed by atoms with van der Waals surface area (Å²) in [6.07, 6.45) is 0.0167. The Balaban J connectivity index is 2.02. The minimum atomic E-state index is -0.612. The number of esters is 1. The maximum Gasteiger partial charge on any atom is 0.336 e. The highest BCUT2D eigenvalue weighted by molar-refractivity contribution is 5.95. The zero-order valence-electron chi connectivity index (χ0n) is 17.7. The molecule has 0 saturated heterocycles. The van der Waals surface area contributed by atoms with Gasteiger partial charge >= 0.3 is 5.97 Å². The molecule has 2 aromatic carbocycles. The predicted molar refractivity (Wildman–Crippen MR) is 113 cm³/mol. The SMILES string of the molecule is CCOC(=O)C1=C(C)N(Cc2ccc(OC)cc2)C(=O)CC1c1cccc([N+](=O)[O-])c1. The average molecular weight is 424 g/mol. The Kier molecular flexibility index (Phi) is 6.69. The Hall–Kier alpha value is -3.68. The molecule has 1 unspecified atom stereocenters. The highest BCUT2D eigenvalue weighted by Gasteiger charge is 2.37. The van der Waals surface area contributed by atoms with Crippen LogP contribution >= 0.6 is 0 Å². The molecular formula is C23H24N2O6. The van der Waals surface area contributed by atoms with E-state index in [-0.39, 0.29) is 24.6 Å². The summed E-state index contributed by atoms with van der Waals surface area (Å²) >= 11 is 0. The van der Waals surface area contributed by atoms with E-state index in [9.17, 15) is 19.7 Å². The number of ether oxygens (including phenoxy) is 2. The van der Waals surface area contributed by atoms with Gasteiger partial charge in [0.1, 0.15) is 5.75 Å². The fourth-order valence-electron chi connectivity index (χ4n) is 3.73. The normalized spacial score (nSPS) is 16.3. The van der Waals surface area contributed by atoms with Crippen molar-refractivity contribution in [2.24, 2.45) is 0 Å². The molecule has 3 rings (SSSR count). The number of nitro groups is 1. The number of rotatable bonds is 7. The highest BCUT2D eigenvalue weighted by Crippen LogP contribution is 2.38. The zero-order valence-corrected chi connectivity index (χ0v) is 17.7. The van der Waals surface area contributed by atoms with Gasteiger partial charge in [-0.15, -0.1) is 0 Å². The van der Waals surface area contributed by atoms with Gasteiger partial charge in [-0.1, -0.05) is 24.3 Å². The van der Waals surface area contributed by atoms with Gasteiger partial charge in [0.05, 0.1) is 30.8 Å². The molecule has 0 bridgehead atoms. The molecule has 1 aliphatic heterocycles. The lowest BCUT2D eigenvalue weighted by molar-refractivity contribution is -0.384. The van der Waals surface area contributed by atoms with Gasteiger partial charge in [-0.25, -0.2) is 4.79 Å². The largest absolute Gasteiger partial charge is 0.497 e. The first-order valence-electron chi connectivity index (χ1n) is 9.91. The third-order valence-corrected chi connectivity index (χ3v) is 5.30. The fourth-order valence-corrected chi connectivity index (χ4v) is 3.73. The van der Waals surface area contributed by atoms with Crippen LogP contribution in [0.5, 0.6) is 5.75 Å². The van der Waals surface area contributed by atoms with Crippen LogP contribution in [0, 0.1) is 10.1 Å². The van der Waals surface area contributed by atoms with E-state index in [0.29, 0.717) is 29.1 Å². The van der Waals surface area contributed by atoms with Crippen LogP contribution in [0.3, 0.4) is 0 Å². The molecule has 0 saturated carbocycles. The minimum absolute atomic E-state index is 0.0167. The van der Waals surface area contributed by atoms with Crippen molar-refractivity contribution < 1.29 is 24.0 Å². The smallest absolute Gasteiger partial charge is 0.336 e. The van der Waals surface area contributed by atoms with Gasteiger partial charge in [0.2, 0.25) is 5.91 Å². The second-order valence-corrected chi connectivity index (χ2v) is 7.16. The number of nitrogens with zero attached hydrogens (tertiary/aromatic N) is 2. The van der Waals surface area contributed by atoms with Gasteiger partial charge in [-0.05, 0) is 37.1 Å². The van der Waals surface area contributed by atoms with Crippen molar-refractivity contribution in [1.29, 1.82) is 0 Å². The van der Waals surface area contributed by atoms with E-state index in [1.165, 1.54) is 12.1 Å². The number of hydrogen-bond acceptors (Lipinski definition) is 6. The van der Waals surface area contributed by atoms with E-state index < -0.39 is 16.8 Å². The van der Waals surface area contributed by atoms with Crippen molar-refractivity contribution in [1.82, 2.24) is 4.90 Å². The molecule has 0 N–H and O–H groups in total. The first-order valence-corrected chi connectivity index (χ1v) is 9.91. The summed E-state index contributed by atoms with van der Waals surface area (Å²) in [7, 11) is 1.58. The van der Waals surface area contributed by atoms with Gasteiger partial charge in [0.25, 0.3) is 5.69 Å². The Labute approximate surface area is 180 Å². The van der Waals surface area contributed by atoms with Gasteiger partial charge in [0.15, 0.2) is 0 Å². The van der Waals surface area contributed by atoms with Crippen molar-refractivity contribution in [2.45, 2.75) is 32.7 Å². The van der Waals surface area contributed by atoms with Crippen LogP contribution in [0.1, 0.15) is 37.3 Å². The summed E-state index contributed by atoms with van der Waals surface area (Å²) in [6, 6.07) is 13.4. The van der Waals surface area contributed by atoms with E-state index in [2.05, 4.69) is 0 Å². The van der Waals surface area contributed by atoms with Crippen LogP contribution in [0.15, 0.2) is 59.8 Å². The molecule has 1 amide bonds. The number of benzene rings is 2.